The van der Waals surface area contributed by atoms with E-state index in [4.69, 9.17) is 0 Å². The summed E-state index contributed by atoms with van der Waals surface area (Å²) < 4.78 is 2.02. The second-order valence-corrected chi connectivity index (χ2v) is 5.10. The van der Waals surface area contributed by atoms with Gasteiger partial charge >= 0.3 is 0 Å². The lowest BCUT2D eigenvalue weighted by atomic mass is 10.2. The Morgan fingerprint density at radius 1 is 1.46 bits per heavy atom. The van der Waals surface area contributed by atoms with Gasteiger partial charge in [0.25, 0.3) is 0 Å². The van der Waals surface area contributed by atoms with Gasteiger partial charge in [-0.3, -0.25) is 0 Å². The molecule has 1 aromatic heterocycles. The Balaban J connectivity index is 2.72. The third-order valence-electron chi connectivity index (χ3n) is 1.77. The molecule has 2 rings (SSSR count). The fraction of sp³-hybridized carbons (Fsp3) is 0.125. The molecule has 2 aromatic rings. The third-order valence-corrected chi connectivity index (χ3v) is 3.75. The first-order valence-electron chi connectivity index (χ1n) is 3.60. The number of benzene rings is 1. The van der Waals surface area contributed by atoms with Crippen molar-refractivity contribution in [3.8, 4) is 0 Å². The Labute approximate surface area is 106 Å². The molecule has 1 heterocycles. The first kappa shape index (κ1) is 9.92. The summed E-state index contributed by atoms with van der Waals surface area (Å²) >= 11 is 9.08. The number of imidazole rings is 1. The van der Waals surface area contributed by atoms with Gasteiger partial charge in [0.15, 0.2) is 4.73 Å². The van der Waals surface area contributed by atoms with Crippen LogP contribution in [0.25, 0.3) is 11.0 Å². The highest BCUT2D eigenvalue weighted by molar-refractivity contribution is 14.1. The summed E-state index contributed by atoms with van der Waals surface area (Å²) in [4.78, 5) is 7.43. The van der Waals surface area contributed by atoms with Crippen LogP contribution in [0.5, 0.6) is 0 Å². The van der Waals surface area contributed by atoms with Crippen molar-refractivity contribution in [2.75, 3.05) is 0 Å². The normalized spacial score (nSPS) is 11.0. The number of aromatic amines is 1. The summed E-state index contributed by atoms with van der Waals surface area (Å²) in [5.41, 5.74) is 3.35. The zero-order chi connectivity index (χ0) is 9.42. The number of alkyl halides is 1. The second-order valence-electron chi connectivity index (χ2n) is 2.62. The van der Waals surface area contributed by atoms with Gasteiger partial charge in [-0.2, -0.15) is 0 Å². The third kappa shape index (κ3) is 1.92. The molecule has 0 atom stereocenters. The maximum Gasteiger partial charge on any atom is 0.175 e. The molecule has 1 N–H and O–H groups in total. The molecule has 0 unspecified atom stereocenters. The summed E-state index contributed by atoms with van der Waals surface area (Å²) in [7, 11) is 0. The molecule has 0 fully saturated rings. The standard InChI is InChI=1S/C8H5Br2IN2/c9-3-4-1-6-7(2-5(4)11)13-8(10)12-6/h1-2H,3H2,(H,12,13). The summed E-state index contributed by atoms with van der Waals surface area (Å²) in [5.74, 6) is 0. The highest BCUT2D eigenvalue weighted by Gasteiger charge is 2.04. The van der Waals surface area contributed by atoms with Crippen molar-refractivity contribution in [3.63, 3.8) is 0 Å². The predicted octanol–water partition coefficient (Wildman–Crippen LogP) is 3.82. The average molecular weight is 416 g/mol. The summed E-state index contributed by atoms with van der Waals surface area (Å²) in [5, 5.41) is 0.873. The van der Waals surface area contributed by atoms with Crippen LogP contribution in [0, 0.1) is 3.57 Å². The lowest BCUT2D eigenvalue weighted by Gasteiger charge is -1.98. The SMILES string of the molecule is BrCc1cc2[nH]c(Br)nc2cc1I. The van der Waals surface area contributed by atoms with Crippen LogP contribution in [0.2, 0.25) is 0 Å². The van der Waals surface area contributed by atoms with E-state index in [-0.39, 0.29) is 0 Å². The van der Waals surface area contributed by atoms with Gasteiger partial charge < -0.3 is 4.98 Å². The van der Waals surface area contributed by atoms with E-state index in [9.17, 15) is 0 Å². The zero-order valence-electron chi connectivity index (χ0n) is 6.44. The maximum absolute atomic E-state index is 4.29. The summed E-state index contributed by atoms with van der Waals surface area (Å²) in [6.45, 7) is 0. The predicted molar refractivity (Wildman–Crippen MR) is 69.1 cm³/mol. The number of nitrogens with one attached hydrogen (secondary N) is 1. The van der Waals surface area contributed by atoms with Crippen molar-refractivity contribution in [2.45, 2.75) is 5.33 Å². The molecule has 0 aliphatic heterocycles. The molecular weight excluding hydrogens is 411 g/mol. The monoisotopic (exact) mass is 414 g/mol. The van der Waals surface area contributed by atoms with Crippen molar-refractivity contribution >= 4 is 65.5 Å². The largest absolute Gasteiger partial charge is 0.332 e. The van der Waals surface area contributed by atoms with Gasteiger partial charge in [-0.05, 0) is 56.2 Å². The topological polar surface area (TPSA) is 28.7 Å². The van der Waals surface area contributed by atoms with Crippen molar-refractivity contribution in [1.29, 1.82) is 0 Å². The Kier molecular flexibility index (Phi) is 2.94. The van der Waals surface area contributed by atoms with E-state index in [1.54, 1.807) is 0 Å². The van der Waals surface area contributed by atoms with Crippen molar-refractivity contribution in [2.24, 2.45) is 0 Å². The average Bonchev–Trinajstić information content (AvgIpc) is 2.42. The first-order valence-corrected chi connectivity index (χ1v) is 6.59. The zero-order valence-corrected chi connectivity index (χ0v) is 11.8. The van der Waals surface area contributed by atoms with Gasteiger partial charge in [-0.25, -0.2) is 4.98 Å². The Hall–Kier alpha value is 0.380. The quantitative estimate of drug-likeness (QED) is 0.556. The van der Waals surface area contributed by atoms with Crippen LogP contribution < -0.4 is 0 Å². The molecule has 5 heteroatoms. The second kappa shape index (κ2) is 3.86. The van der Waals surface area contributed by atoms with E-state index in [2.05, 4.69) is 76.6 Å². The number of nitrogens with zero attached hydrogens (tertiary/aromatic N) is 1. The van der Waals surface area contributed by atoms with E-state index in [1.807, 2.05) is 0 Å². The number of fused-ring (bicyclic) bond motifs is 1. The number of rotatable bonds is 1. The van der Waals surface area contributed by atoms with E-state index >= 15 is 0 Å². The van der Waals surface area contributed by atoms with Crippen LogP contribution >= 0.6 is 54.5 Å². The molecule has 2 nitrogen and oxygen atoms in total. The Morgan fingerprint density at radius 3 is 2.92 bits per heavy atom. The molecule has 0 aliphatic rings. The molecule has 13 heavy (non-hydrogen) atoms. The summed E-state index contributed by atoms with van der Waals surface area (Å²) in [6.07, 6.45) is 0. The van der Waals surface area contributed by atoms with Crippen LogP contribution in [-0.4, -0.2) is 9.97 Å². The number of hydrogen-bond acceptors (Lipinski definition) is 1. The van der Waals surface area contributed by atoms with Gasteiger partial charge in [0.1, 0.15) is 0 Å². The number of H-pyrrole nitrogens is 1. The number of halogens is 3. The fourth-order valence-electron chi connectivity index (χ4n) is 1.15. The molecule has 0 bridgehead atoms. The molecule has 0 saturated heterocycles. The van der Waals surface area contributed by atoms with Gasteiger partial charge in [-0.15, -0.1) is 0 Å². The number of aromatic nitrogens is 2. The molecule has 0 amide bonds. The van der Waals surface area contributed by atoms with E-state index in [0.717, 1.165) is 21.1 Å². The van der Waals surface area contributed by atoms with Crippen LogP contribution in [0.4, 0.5) is 0 Å². The van der Waals surface area contributed by atoms with Gasteiger partial charge in [0.2, 0.25) is 0 Å². The maximum atomic E-state index is 4.29. The molecule has 0 aliphatic carbocycles. The van der Waals surface area contributed by atoms with Crippen LogP contribution in [0.3, 0.4) is 0 Å². The molecule has 1 aromatic carbocycles. The van der Waals surface area contributed by atoms with Gasteiger partial charge in [0, 0.05) is 8.90 Å². The summed E-state index contributed by atoms with van der Waals surface area (Å²) in [6, 6.07) is 4.19. The minimum Gasteiger partial charge on any atom is -0.332 e. The first-order chi connectivity index (χ1) is 6.20. The minimum absolute atomic E-state index is 0.782. The highest BCUT2D eigenvalue weighted by Crippen LogP contribution is 2.23. The van der Waals surface area contributed by atoms with E-state index in [0.29, 0.717) is 0 Å². The van der Waals surface area contributed by atoms with Crippen molar-refractivity contribution in [1.82, 2.24) is 9.97 Å². The van der Waals surface area contributed by atoms with Gasteiger partial charge in [0.05, 0.1) is 11.0 Å². The lowest BCUT2D eigenvalue weighted by Crippen LogP contribution is -1.83. The van der Waals surface area contributed by atoms with Crippen LogP contribution in [0.15, 0.2) is 16.9 Å². The van der Waals surface area contributed by atoms with Crippen LogP contribution in [-0.2, 0) is 5.33 Å². The van der Waals surface area contributed by atoms with E-state index in [1.165, 1.54) is 9.13 Å². The fourth-order valence-corrected chi connectivity index (χ4v) is 3.18. The number of hydrogen-bond donors (Lipinski definition) is 1. The molecular formula is C8H5Br2IN2. The van der Waals surface area contributed by atoms with Gasteiger partial charge in [-0.1, -0.05) is 15.9 Å². The smallest absolute Gasteiger partial charge is 0.175 e. The molecule has 0 radical (unpaired) electrons. The lowest BCUT2D eigenvalue weighted by molar-refractivity contribution is 1.27. The highest BCUT2D eigenvalue weighted by atomic mass is 127. The van der Waals surface area contributed by atoms with Crippen molar-refractivity contribution < 1.29 is 0 Å². The Morgan fingerprint density at radius 2 is 2.23 bits per heavy atom. The molecule has 0 spiro atoms. The minimum atomic E-state index is 0.782. The Bertz CT molecular complexity index is 453. The van der Waals surface area contributed by atoms with Crippen molar-refractivity contribution in [3.05, 3.63) is 26.0 Å². The molecule has 68 valence electrons. The van der Waals surface area contributed by atoms with Crippen LogP contribution in [0.1, 0.15) is 5.56 Å². The van der Waals surface area contributed by atoms with E-state index < -0.39 is 0 Å². The molecule has 0 saturated carbocycles.